The van der Waals surface area contributed by atoms with Gasteiger partial charge in [0, 0.05) is 11.4 Å². The lowest BCUT2D eigenvalue weighted by molar-refractivity contribution is 0.811. The van der Waals surface area contributed by atoms with Gasteiger partial charge >= 0.3 is 0 Å². The summed E-state index contributed by atoms with van der Waals surface area (Å²) in [5.74, 6) is 0.848. The molecule has 1 aromatic carbocycles. The minimum atomic E-state index is 0.848. The highest BCUT2D eigenvalue weighted by atomic mass is 32.2. The summed E-state index contributed by atoms with van der Waals surface area (Å²) in [4.78, 5) is 5.57. The second kappa shape index (κ2) is 5.62. The molecule has 0 unspecified atom stereocenters. The highest BCUT2D eigenvalue weighted by Gasteiger charge is 2.05. The second-order valence-electron chi connectivity index (χ2n) is 3.83. The molecule has 3 nitrogen and oxygen atoms in total. The molecule has 1 N–H and O–H groups in total. The third kappa shape index (κ3) is 3.28. The molecule has 90 valence electrons. The average molecular weight is 265 g/mol. The van der Waals surface area contributed by atoms with Crippen LogP contribution in [0.4, 0.5) is 0 Å². The SMILES string of the molecule is CNCc1ccc(Sc2nc(C)ns2)cc1C. The molecular weight excluding hydrogens is 250 g/mol. The zero-order chi connectivity index (χ0) is 12.3. The van der Waals surface area contributed by atoms with Crippen molar-refractivity contribution in [3.05, 3.63) is 35.2 Å². The molecule has 2 rings (SSSR count). The smallest absolute Gasteiger partial charge is 0.174 e. The zero-order valence-electron chi connectivity index (χ0n) is 10.2. The molecule has 0 spiro atoms. The largest absolute Gasteiger partial charge is 0.316 e. The molecule has 0 aliphatic carbocycles. The van der Waals surface area contributed by atoms with Crippen LogP contribution in [-0.2, 0) is 6.54 Å². The van der Waals surface area contributed by atoms with E-state index in [-0.39, 0.29) is 0 Å². The Labute approximate surface area is 110 Å². The van der Waals surface area contributed by atoms with Crippen LogP contribution in [0.25, 0.3) is 0 Å². The molecule has 0 aliphatic rings. The molecule has 17 heavy (non-hydrogen) atoms. The first-order valence-corrected chi connectivity index (χ1v) is 7.00. The van der Waals surface area contributed by atoms with Crippen LogP contribution < -0.4 is 5.32 Å². The van der Waals surface area contributed by atoms with E-state index in [2.05, 4.69) is 39.8 Å². The van der Waals surface area contributed by atoms with E-state index in [0.29, 0.717) is 0 Å². The number of aryl methyl sites for hydroxylation is 2. The summed E-state index contributed by atoms with van der Waals surface area (Å²) in [7, 11) is 1.96. The zero-order valence-corrected chi connectivity index (χ0v) is 11.8. The average Bonchev–Trinajstić information content (AvgIpc) is 2.68. The number of hydrogen-bond acceptors (Lipinski definition) is 5. The molecule has 0 amide bonds. The van der Waals surface area contributed by atoms with Gasteiger partial charge in [0.25, 0.3) is 0 Å². The van der Waals surface area contributed by atoms with Crippen molar-refractivity contribution in [2.24, 2.45) is 0 Å². The van der Waals surface area contributed by atoms with E-state index < -0.39 is 0 Å². The van der Waals surface area contributed by atoms with Gasteiger partial charge in [0.2, 0.25) is 0 Å². The van der Waals surface area contributed by atoms with Crippen molar-refractivity contribution in [2.45, 2.75) is 29.6 Å². The summed E-state index contributed by atoms with van der Waals surface area (Å²) in [5.41, 5.74) is 2.65. The van der Waals surface area contributed by atoms with Gasteiger partial charge in [-0.3, -0.25) is 0 Å². The van der Waals surface area contributed by atoms with Crippen molar-refractivity contribution >= 4 is 23.3 Å². The molecule has 1 aromatic heterocycles. The summed E-state index contributed by atoms with van der Waals surface area (Å²) in [6.45, 7) is 4.97. The second-order valence-corrected chi connectivity index (χ2v) is 5.90. The Morgan fingerprint density at radius 2 is 2.18 bits per heavy atom. The monoisotopic (exact) mass is 265 g/mol. The lowest BCUT2D eigenvalue weighted by Crippen LogP contribution is -2.06. The van der Waals surface area contributed by atoms with Crippen molar-refractivity contribution in [2.75, 3.05) is 7.05 Å². The molecule has 2 aromatic rings. The molecule has 0 fully saturated rings. The first kappa shape index (κ1) is 12.5. The van der Waals surface area contributed by atoms with Crippen molar-refractivity contribution in [1.29, 1.82) is 0 Å². The summed E-state index contributed by atoms with van der Waals surface area (Å²) >= 11 is 3.13. The Hall–Kier alpha value is -0.910. The fourth-order valence-electron chi connectivity index (χ4n) is 1.54. The van der Waals surface area contributed by atoms with Gasteiger partial charge in [-0.15, -0.1) is 0 Å². The van der Waals surface area contributed by atoms with Crippen molar-refractivity contribution in [1.82, 2.24) is 14.7 Å². The Kier molecular flexibility index (Phi) is 4.15. The number of nitrogens with zero attached hydrogens (tertiary/aromatic N) is 2. The van der Waals surface area contributed by atoms with E-state index >= 15 is 0 Å². The normalized spacial score (nSPS) is 10.8. The maximum Gasteiger partial charge on any atom is 0.174 e. The minimum Gasteiger partial charge on any atom is -0.316 e. The first-order valence-electron chi connectivity index (χ1n) is 5.41. The van der Waals surface area contributed by atoms with Crippen LogP contribution in [0.3, 0.4) is 0 Å². The molecule has 1 heterocycles. The van der Waals surface area contributed by atoms with Gasteiger partial charge in [-0.25, -0.2) is 4.98 Å². The van der Waals surface area contributed by atoms with Crippen LogP contribution in [-0.4, -0.2) is 16.4 Å². The van der Waals surface area contributed by atoms with E-state index in [0.717, 1.165) is 16.7 Å². The van der Waals surface area contributed by atoms with Crippen LogP contribution in [0.2, 0.25) is 0 Å². The van der Waals surface area contributed by atoms with Crippen LogP contribution in [0, 0.1) is 13.8 Å². The Bertz CT molecular complexity index is 508. The van der Waals surface area contributed by atoms with E-state index in [1.807, 2.05) is 14.0 Å². The molecule has 0 saturated carbocycles. The van der Waals surface area contributed by atoms with Gasteiger partial charge in [-0.05, 0) is 55.7 Å². The predicted molar refractivity (Wildman–Crippen MR) is 72.7 cm³/mol. The minimum absolute atomic E-state index is 0.848. The van der Waals surface area contributed by atoms with Crippen molar-refractivity contribution < 1.29 is 0 Å². The van der Waals surface area contributed by atoms with Gasteiger partial charge in [-0.1, -0.05) is 17.8 Å². The van der Waals surface area contributed by atoms with Crippen LogP contribution in [0.15, 0.2) is 27.4 Å². The summed E-state index contributed by atoms with van der Waals surface area (Å²) in [6, 6.07) is 6.51. The molecule has 0 atom stereocenters. The lowest BCUT2D eigenvalue weighted by atomic mass is 10.1. The van der Waals surface area contributed by atoms with Crippen LogP contribution in [0.5, 0.6) is 0 Å². The number of aromatic nitrogens is 2. The van der Waals surface area contributed by atoms with Crippen molar-refractivity contribution in [3.8, 4) is 0 Å². The number of hydrogen-bond donors (Lipinski definition) is 1. The quantitative estimate of drug-likeness (QED) is 0.922. The molecule has 0 bridgehead atoms. The third-order valence-corrected chi connectivity index (χ3v) is 4.23. The van der Waals surface area contributed by atoms with Gasteiger partial charge in [0.15, 0.2) is 4.34 Å². The number of rotatable bonds is 4. The van der Waals surface area contributed by atoms with E-state index in [4.69, 9.17) is 0 Å². The van der Waals surface area contributed by atoms with E-state index in [1.54, 1.807) is 11.8 Å². The fraction of sp³-hybridized carbons (Fsp3) is 0.333. The Morgan fingerprint density at radius 3 is 2.76 bits per heavy atom. The summed E-state index contributed by atoms with van der Waals surface area (Å²) in [6.07, 6.45) is 0. The standard InChI is InChI=1S/C12H15N3S2/c1-8-6-11(5-4-10(8)7-13-3)16-12-14-9(2)15-17-12/h4-6,13H,7H2,1-3H3. The highest BCUT2D eigenvalue weighted by molar-refractivity contribution is 8.01. The van der Waals surface area contributed by atoms with Crippen LogP contribution in [0.1, 0.15) is 17.0 Å². The van der Waals surface area contributed by atoms with E-state index in [1.165, 1.54) is 27.6 Å². The molecule has 0 saturated heterocycles. The number of nitrogens with one attached hydrogen (secondary N) is 1. The third-order valence-electron chi connectivity index (χ3n) is 2.40. The fourth-order valence-corrected chi connectivity index (χ4v) is 3.27. The molecular formula is C12H15N3S2. The van der Waals surface area contributed by atoms with Crippen molar-refractivity contribution in [3.63, 3.8) is 0 Å². The molecule has 0 aliphatic heterocycles. The predicted octanol–water partition coefficient (Wildman–Crippen LogP) is 3.03. The topological polar surface area (TPSA) is 37.8 Å². The summed E-state index contributed by atoms with van der Waals surface area (Å²) in [5, 5.41) is 3.17. The number of benzene rings is 1. The Balaban J connectivity index is 2.14. The van der Waals surface area contributed by atoms with Gasteiger partial charge < -0.3 is 5.32 Å². The van der Waals surface area contributed by atoms with Gasteiger partial charge in [-0.2, -0.15) is 4.37 Å². The van der Waals surface area contributed by atoms with E-state index in [9.17, 15) is 0 Å². The summed E-state index contributed by atoms with van der Waals surface area (Å²) < 4.78 is 5.18. The Morgan fingerprint density at radius 1 is 1.35 bits per heavy atom. The highest BCUT2D eigenvalue weighted by Crippen LogP contribution is 2.30. The molecule has 5 heteroatoms. The molecule has 0 radical (unpaired) electrons. The first-order chi connectivity index (χ1) is 8.19. The van der Waals surface area contributed by atoms with Gasteiger partial charge in [0.05, 0.1) is 0 Å². The van der Waals surface area contributed by atoms with Gasteiger partial charge in [0.1, 0.15) is 5.82 Å². The maximum atomic E-state index is 4.35. The maximum absolute atomic E-state index is 4.35. The van der Waals surface area contributed by atoms with Crippen LogP contribution >= 0.6 is 23.3 Å². The lowest BCUT2D eigenvalue weighted by Gasteiger charge is -2.06.